The van der Waals surface area contributed by atoms with Gasteiger partial charge in [-0.25, -0.2) is 4.98 Å². The number of fused-ring (bicyclic) bond motifs is 1. The Bertz CT molecular complexity index is 1520. The second-order valence-electron chi connectivity index (χ2n) is 8.54. The number of hydrogen-bond acceptors (Lipinski definition) is 7. The van der Waals surface area contributed by atoms with Crippen molar-refractivity contribution in [2.24, 2.45) is 0 Å². The molecule has 4 aromatic rings. The lowest BCUT2D eigenvalue weighted by atomic mass is 10.0. The number of benzene rings is 3. The van der Waals surface area contributed by atoms with E-state index in [1.807, 2.05) is 56.3 Å². The van der Waals surface area contributed by atoms with Gasteiger partial charge >= 0.3 is 0 Å². The number of hydrogen-bond donors (Lipinski definition) is 2. The third kappa shape index (κ3) is 6.22. The van der Waals surface area contributed by atoms with E-state index in [9.17, 15) is 14.9 Å². The largest absolute Gasteiger partial charge is 0.494 e. The number of ether oxygens (including phenoxy) is 2. The molecule has 0 unspecified atom stereocenters. The number of pyridine rings is 1. The molecule has 3 aromatic carbocycles. The minimum absolute atomic E-state index is 0.0101. The van der Waals surface area contributed by atoms with Gasteiger partial charge in [0.15, 0.2) is 5.11 Å². The molecule has 0 saturated carbocycles. The SMILES string of the molecule is CCOc1ccc(NC(=S)NC(=O)c2cc(-c3cccc(OC(C)C)c3)nc3ccccc23)c([N+](=O)[O-])c1. The summed E-state index contributed by atoms with van der Waals surface area (Å²) >= 11 is 5.32. The highest BCUT2D eigenvalue weighted by Crippen LogP contribution is 2.30. The molecule has 0 fully saturated rings. The predicted octanol–water partition coefficient (Wildman–Crippen LogP) is 6.12. The van der Waals surface area contributed by atoms with Crippen molar-refractivity contribution in [3.8, 4) is 22.8 Å². The highest BCUT2D eigenvalue weighted by molar-refractivity contribution is 7.80. The zero-order valence-corrected chi connectivity index (χ0v) is 21.9. The Morgan fingerprint density at radius 2 is 1.84 bits per heavy atom. The quantitative estimate of drug-likeness (QED) is 0.159. The summed E-state index contributed by atoms with van der Waals surface area (Å²) in [7, 11) is 0. The van der Waals surface area contributed by atoms with Gasteiger partial charge in [0, 0.05) is 10.9 Å². The molecular weight excluding hydrogens is 504 g/mol. The van der Waals surface area contributed by atoms with Crippen molar-refractivity contribution in [1.29, 1.82) is 0 Å². The lowest BCUT2D eigenvalue weighted by Crippen LogP contribution is -2.34. The second-order valence-corrected chi connectivity index (χ2v) is 8.95. The van der Waals surface area contributed by atoms with E-state index in [-0.39, 0.29) is 22.6 Å². The molecule has 4 rings (SSSR count). The van der Waals surface area contributed by atoms with Crippen LogP contribution in [0.1, 0.15) is 31.1 Å². The van der Waals surface area contributed by atoms with Gasteiger partial charge in [-0.15, -0.1) is 0 Å². The first-order valence-corrected chi connectivity index (χ1v) is 12.4. The Balaban J connectivity index is 1.63. The number of nitro groups is 1. The van der Waals surface area contributed by atoms with Crippen molar-refractivity contribution in [2.45, 2.75) is 26.9 Å². The first kappa shape index (κ1) is 26.5. The second kappa shape index (κ2) is 11.7. The summed E-state index contributed by atoms with van der Waals surface area (Å²) in [5, 5.41) is 17.5. The predicted molar refractivity (Wildman–Crippen MR) is 151 cm³/mol. The summed E-state index contributed by atoms with van der Waals surface area (Å²) in [6, 6.07) is 20.8. The van der Waals surface area contributed by atoms with Crippen molar-refractivity contribution in [2.75, 3.05) is 11.9 Å². The van der Waals surface area contributed by atoms with Crippen LogP contribution in [0.25, 0.3) is 22.2 Å². The van der Waals surface area contributed by atoms with Crippen LogP contribution in [0.2, 0.25) is 0 Å². The third-order valence-electron chi connectivity index (χ3n) is 5.41. The molecule has 38 heavy (non-hydrogen) atoms. The molecule has 1 heterocycles. The van der Waals surface area contributed by atoms with E-state index in [0.29, 0.717) is 40.3 Å². The first-order valence-electron chi connectivity index (χ1n) is 12.0. The molecule has 0 saturated heterocycles. The van der Waals surface area contributed by atoms with Crippen LogP contribution in [0.3, 0.4) is 0 Å². The molecule has 1 amide bonds. The zero-order valence-electron chi connectivity index (χ0n) is 21.1. The van der Waals surface area contributed by atoms with Crippen LogP contribution in [-0.2, 0) is 0 Å². The smallest absolute Gasteiger partial charge is 0.296 e. The van der Waals surface area contributed by atoms with E-state index < -0.39 is 10.8 Å². The number of nitrogens with one attached hydrogen (secondary N) is 2. The van der Waals surface area contributed by atoms with Crippen LogP contribution in [0.4, 0.5) is 11.4 Å². The number of thiocarbonyl (C=S) groups is 1. The molecule has 9 nitrogen and oxygen atoms in total. The molecule has 0 bridgehead atoms. The van der Waals surface area contributed by atoms with E-state index in [1.165, 1.54) is 12.1 Å². The number of amides is 1. The molecule has 0 radical (unpaired) electrons. The molecule has 0 aliphatic heterocycles. The summed E-state index contributed by atoms with van der Waals surface area (Å²) in [5.41, 5.74) is 2.26. The molecule has 0 spiro atoms. The average Bonchev–Trinajstić information content (AvgIpc) is 2.88. The van der Waals surface area contributed by atoms with Gasteiger partial charge in [0.1, 0.15) is 17.2 Å². The topological polar surface area (TPSA) is 116 Å². The van der Waals surface area contributed by atoms with Crippen molar-refractivity contribution >= 4 is 45.5 Å². The lowest BCUT2D eigenvalue weighted by molar-refractivity contribution is -0.384. The molecule has 194 valence electrons. The Morgan fingerprint density at radius 3 is 2.58 bits per heavy atom. The Kier molecular flexibility index (Phi) is 8.12. The minimum Gasteiger partial charge on any atom is -0.494 e. The van der Waals surface area contributed by atoms with Crippen molar-refractivity contribution in [3.05, 3.63) is 88.5 Å². The normalized spacial score (nSPS) is 10.7. The number of carbonyl (C=O) groups is 1. The molecule has 0 aliphatic carbocycles. The maximum absolute atomic E-state index is 13.4. The van der Waals surface area contributed by atoms with E-state index in [4.69, 9.17) is 26.7 Å². The Morgan fingerprint density at radius 1 is 1.05 bits per heavy atom. The number of anilines is 1. The van der Waals surface area contributed by atoms with Crippen LogP contribution in [-0.4, -0.2) is 33.6 Å². The van der Waals surface area contributed by atoms with Crippen molar-refractivity contribution in [3.63, 3.8) is 0 Å². The minimum atomic E-state index is -0.547. The van der Waals surface area contributed by atoms with Gasteiger partial charge in [-0.2, -0.15) is 0 Å². The monoisotopic (exact) mass is 530 g/mol. The maximum Gasteiger partial charge on any atom is 0.296 e. The fourth-order valence-corrected chi connectivity index (χ4v) is 4.06. The van der Waals surface area contributed by atoms with Gasteiger partial charge < -0.3 is 14.8 Å². The zero-order chi connectivity index (χ0) is 27.2. The highest BCUT2D eigenvalue weighted by atomic mass is 32.1. The molecule has 0 aliphatic rings. The number of para-hydroxylation sites is 1. The molecule has 1 aromatic heterocycles. The Labute approximate surface area is 225 Å². The fourth-order valence-electron chi connectivity index (χ4n) is 3.86. The van der Waals surface area contributed by atoms with Gasteiger partial charge in [-0.3, -0.25) is 20.2 Å². The fraction of sp³-hybridized carbons (Fsp3) is 0.179. The summed E-state index contributed by atoms with van der Waals surface area (Å²) < 4.78 is 11.2. The van der Waals surface area contributed by atoms with E-state index in [0.717, 1.165) is 5.56 Å². The van der Waals surface area contributed by atoms with Gasteiger partial charge in [0.05, 0.1) is 40.5 Å². The van der Waals surface area contributed by atoms with E-state index in [1.54, 1.807) is 25.1 Å². The van der Waals surface area contributed by atoms with Crippen LogP contribution < -0.4 is 20.1 Å². The van der Waals surface area contributed by atoms with Crippen LogP contribution in [0.5, 0.6) is 11.5 Å². The van der Waals surface area contributed by atoms with Crippen LogP contribution >= 0.6 is 12.2 Å². The first-order chi connectivity index (χ1) is 18.2. The van der Waals surface area contributed by atoms with Crippen LogP contribution in [0, 0.1) is 10.1 Å². The van der Waals surface area contributed by atoms with Gasteiger partial charge in [-0.05, 0) is 69.4 Å². The third-order valence-corrected chi connectivity index (χ3v) is 5.62. The number of aromatic nitrogens is 1. The molecule has 2 N–H and O–H groups in total. The van der Waals surface area contributed by atoms with Gasteiger partial charge in [0.25, 0.3) is 11.6 Å². The van der Waals surface area contributed by atoms with Gasteiger partial charge in [0.2, 0.25) is 0 Å². The number of carbonyl (C=O) groups excluding carboxylic acids is 1. The number of nitro benzene ring substituents is 1. The van der Waals surface area contributed by atoms with Crippen molar-refractivity contribution < 1.29 is 19.2 Å². The van der Waals surface area contributed by atoms with Crippen LogP contribution in [0.15, 0.2) is 72.8 Å². The number of rotatable bonds is 8. The summed E-state index contributed by atoms with van der Waals surface area (Å²) in [6.07, 6.45) is 0.0101. The summed E-state index contributed by atoms with van der Waals surface area (Å²) in [6.45, 7) is 6.05. The van der Waals surface area contributed by atoms with Gasteiger partial charge in [-0.1, -0.05) is 30.3 Å². The highest BCUT2D eigenvalue weighted by Gasteiger charge is 2.19. The standard InChI is InChI=1S/C28H26N4O5S/c1-4-36-19-12-13-24(26(15-19)32(34)35)30-28(38)31-27(33)22-16-25(29-23-11-6-5-10-21(22)23)18-8-7-9-20(14-18)37-17(2)3/h5-17H,4H2,1-3H3,(H2,30,31,33,38). The average molecular weight is 531 g/mol. The maximum atomic E-state index is 13.4. The molecule has 0 atom stereocenters. The molecule has 10 heteroatoms. The lowest BCUT2D eigenvalue weighted by Gasteiger charge is -2.14. The summed E-state index contributed by atoms with van der Waals surface area (Å²) in [4.78, 5) is 29.1. The summed E-state index contributed by atoms with van der Waals surface area (Å²) in [5.74, 6) is 0.574. The Hall–Kier alpha value is -4.57. The molecular formula is C28H26N4O5S. The van der Waals surface area contributed by atoms with Crippen molar-refractivity contribution in [1.82, 2.24) is 10.3 Å². The van der Waals surface area contributed by atoms with E-state index in [2.05, 4.69) is 10.6 Å². The number of nitrogens with zero attached hydrogens (tertiary/aromatic N) is 2. The van der Waals surface area contributed by atoms with E-state index >= 15 is 0 Å².